The lowest BCUT2D eigenvalue weighted by Crippen LogP contribution is -2.11. The van der Waals surface area contributed by atoms with E-state index in [9.17, 15) is 0 Å². The first-order valence-electron chi connectivity index (χ1n) is 6.64. The first-order valence-corrected chi connectivity index (χ1v) is 7.18. The van der Waals surface area contributed by atoms with Crippen LogP contribution in [0.5, 0.6) is 0 Å². The number of aryl methyl sites for hydroxylation is 4. The lowest BCUT2D eigenvalue weighted by Gasteiger charge is -2.09. The highest BCUT2D eigenvalue weighted by Crippen LogP contribution is 2.20. The van der Waals surface area contributed by atoms with Crippen LogP contribution in [-0.2, 0) is 19.5 Å². The third-order valence-corrected chi connectivity index (χ3v) is 3.58. The van der Waals surface area contributed by atoms with Gasteiger partial charge in [-0.05, 0) is 18.6 Å². The molecule has 0 fully saturated rings. The molecule has 0 amide bonds. The van der Waals surface area contributed by atoms with Crippen LogP contribution in [-0.4, -0.2) is 30.4 Å². The summed E-state index contributed by atoms with van der Waals surface area (Å²) in [4.78, 5) is 4.70. The van der Waals surface area contributed by atoms with E-state index in [1.54, 1.807) is 6.20 Å². The van der Waals surface area contributed by atoms with Gasteiger partial charge in [-0.3, -0.25) is 4.68 Å². The second-order valence-corrected chi connectivity index (χ2v) is 5.11. The normalized spacial score (nSPS) is 11.3. The van der Waals surface area contributed by atoms with Gasteiger partial charge in [0, 0.05) is 25.0 Å². The quantitative estimate of drug-likeness (QED) is 0.678. The molecule has 0 saturated carbocycles. The van der Waals surface area contributed by atoms with Crippen molar-refractivity contribution in [2.75, 3.05) is 5.88 Å². The second-order valence-electron chi connectivity index (χ2n) is 4.73. The van der Waals surface area contributed by atoms with E-state index in [1.165, 1.54) is 11.1 Å². The van der Waals surface area contributed by atoms with Gasteiger partial charge in [0.15, 0.2) is 0 Å². The van der Waals surface area contributed by atoms with Gasteiger partial charge < -0.3 is 4.57 Å². The van der Waals surface area contributed by atoms with Gasteiger partial charge in [-0.2, -0.15) is 0 Å². The Morgan fingerprint density at radius 2 is 2.15 bits per heavy atom. The van der Waals surface area contributed by atoms with Crippen molar-refractivity contribution in [3.63, 3.8) is 0 Å². The summed E-state index contributed by atoms with van der Waals surface area (Å²) in [6, 6.07) is 6.20. The summed E-state index contributed by atoms with van der Waals surface area (Å²) >= 11 is 5.89. The zero-order valence-corrected chi connectivity index (χ0v) is 12.1. The molecule has 3 rings (SSSR count). The fourth-order valence-corrected chi connectivity index (χ4v) is 2.65. The molecule has 104 valence electrons. The van der Waals surface area contributed by atoms with Crippen molar-refractivity contribution in [3.05, 3.63) is 42.0 Å². The maximum Gasteiger partial charge on any atom is 0.111 e. The van der Waals surface area contributed by atoms with Crippen LogP contribution in [0.4, 0.5) is 0 Å². The minimum atomic E-state index is 0.575. The molecule has 0 aliphatic rings. The van der Waals surface area contributed by atoms with Gasteiger partial charge in [-0.15, -0.1) is 16.7 Å². The lowest BCUT2D eigenvalue weighted by molar-refractivity contribution is 0.516. The first-order chi connectivity index (χ1) is 9.79. The maximum atomic E-state index is 5.89. The number of fused-ring (bicyclic) bond motifs is 1. The third-order valence-electron chi connectivity index (χ3n) is 3.39. The number of benzene rings is 1. The van der Waals surface area contributed by atoms with E-state index in [0.29, 0.717) is 5.88 Å². The van der Waals surface area contributed by atoms with E-state index in [0.717, 1.165) is 30.9 Å². The maximum absolute atomic E-state index is 5.89. The monoisotopic (exact) mass is 289 g/mol. The fraction of sp³-hybridized carbons (Fsp3) is 0.357. The van der Waals surface area contributed by atoms with Crippen molar-refractivity contribution in [1.29, 1.82) is 0 Å². The molecule has 2 heterocycles. The predicted molar refractivity (Wildman–Crippen MR) is 78.9 cm³/mol. The van der Waals surface area contributed by atoms with Crippen molar-refractivity contribution in [3.8, 4) is 0 Å². The zero-order chi connectivity index (χ0) is 13.9. The highest BCUT2D eigenvalue weighted by Gasteiger charge is 2.12. The van der Waals surface area contributed by atoms with Gasteiger partial charge in [0.25, 0.3) is 0 Å². The summed E-state index contributed by atoms with van der Waals surface area (Å²) in [5.74, 6) is 1.61. The summed E-state index contributed by atoms with van der Waals surface area (Å²) in [6.07, 6.45) is 4.33. The van der Waals surface area contributed by atoms with Crippen LogP contribution < -0.4 is 0 Å². The molecule has 5 nitrogen and oxygen atoms in total. The van der Waals surface area contributed by atoms with Crippen LogP contribution in [0.3, 0.4) is 0 Å². The minimum Gasteiger partial charge on any atom is -0.326 e. The highest BCUT2D eigenvalue weighted by molar-refractivity contribution is 6.17. The van der Waals surface area contributed by atoms with Crippen LogP contribution in [0.25, 0.3) is 11.0 Å². The average molecular weight is 290 g/mol. The Morgan fingerprint density at radius 3 is 2.90 bits per heavy atom. The number of para-hydroxylation sites is 1. The van der Waals surface area contributed by atoms with Crippen LogP contribution >= 0.6 is 11.6 Å². The van der Waals surface area contributed by atoms with Gasteiger partial charge in [0.05, 0.1) is 23.8 Å². The molecule has 0 unspecified atom stereocenters. The minimum absolute atomic E-state index is 0.575. The molecule has 1 aromatic carbocycles. The summed E-state index contributed by atoms with van der Waals surface area (Å²) < 4.78 is 4.07. The molecular weight excluding hydrogens is 274 g/mol. The van der Waals surface area contributed by atoms with Gasteiger partial charge in [-0.25, -0.2) is 4.98 Å². The number of nitrogens with zero attached hydrogens (tertiary/aromatic N) is 5. The van der Waals surface area contributed by atoms with E-state index < -0.39 is 0 Å². The number of hydrogen-bond donors (Lipinski definition) is 0. The van der Waals surface area contributed by atoms with Gasteiger partial charge in [0.1, 0.15) is 5.82 Å². The van der Waals surface area contributed by atoms with Gasteiger partial charge >= 0.3 is 0 Å². The Hall–Kier alpha value is -1.88. The molecule has 0 radical (unpaired) electrons. The lowest BCUT2D eigenvalue weighted by atomic mass is 10.2. The summed E-state index contributed by atoms with van der Waals surface area (Å²) in [5.41, 5.74) is 3.45. The van der Waals surface area contributed by atoms with Crippen LogP contribution in [0.15, 0.2) is 30.6 Å². The molecule has 0 aliphatic carbocycles. The molecule has 0 aliphatic heterocycles. The van der Waals surface area contributed by atoms with E-state index in [2.05, 4.69) is 27.9 Å². The summed E-state index contributed by atoms with van der Waals surface area (Å²) in [7, 11) is 0. The molecule has 3 aromatic rings. The Morgan fingerprint density at radius 1 is 1.25 bits per heavy atom. The molecule has 0 N–H and O–H groups in total. The van der Waals surface area contributed by atoms with E-state index in [-0.39, 0.29) is 0 Å². The fourth-order valence-electron chi connectivity index (χ4n) is 2.48. The predicted octanol–water partition coefficient (Wildman–Crippen LogP) is 2.42. The molecule has 0 spiro atoms. The van der Waals surface area contributed by atoms with Gasteiger partial charge in [-0.1, -0.05) is 17.3 Å². The summed E-state index contributed by atoms with van der Waals surface area (Å²) in [6.45, 7) is 3.70. The highest BCUT2D eigenvalue weighted by atomic mass is 35.5. The largest absolute Gasteiger partial charge is 0.326 e. The molecule has 0 saturated heterocycles. The SMILES string of the molecule is Cc1cccc2nc(CCCl)n(CCn3ccnn3)c12. The van der Waals surface area contributed by atoms with Crippen molar-refractivity contribution >= 4 is 22.6 Å². The molecule has 0 bridgehead atoms. The van der Waals surface area contributed by atoms with Crippen molar-refractivity contribution in [2.24, 2.45) is 0 Å². The summed E-state index contributed by atoms with van der Waals surface area (Å²) in [5, 5.41) is 7.83. The van der Waals surface area contributed by atoms with Crippen molar-refractivity contribution in [1.82, 2.24) is 24.5 Å². The zero-order valence-electron chi connectivity index (χ0n) is 11.3. The first kappa shape index (κ1) is 13.1. The van der Waals surface area contributed by atoms with Crippen LogP contribution in [0.2, 0.25) is 0 Å². The topological polar surface area (TPSA) is 48.5 Å². The number of hydrogen-bond acceptors (Lipinski definition) is 3. The molecular formula is C14H16ClN5. The average Bonchev–Trinajstić information content (AvgIpc) is 3.05. The van der Waals surface area contributed by atoms with Gasteiger partial charge in [0.2, 0.25) is 0 Å². The van der Waals surface area contributed by atoms with Crippen LogP contribution in [0.1, 0.15) is 11.4 Å². The van der Waals surface area contributed by atoms with E-state index in [1.807, 2.05) is 23.0 Å². The Labute approximate surface area is 122 Å². The Balaban J connectivity index is 1.99. The standard InChI is InChI=1S/C14H16ClN5/c1-11-3-2-4-12-14(11)20(13(17-12)5-6-15)10-9-19-8-7-16-18-19/h2-4,7-8H,5-6,9-10H2,1H3. The van der Waals surface area contributed by atoms with E-state index in [4.69, 9.17) is 16.6 Å². The third kappa shape index (κ3) is 2.41. The number of rotatable bonds is 5. The number of imidazole rings is 1. The molecule has 0 atom stereocenters. The number of aromatic nitrogens is 5. The molecule has 2 aromatic heterocycles. The molecule has 6 heteroatoms. The smallest absolute Gasteiger partial charge is 0.111 e. The van der Waals surface area contributed by atoms with Crippen molar-refractivity contribution < 1.29 is 0 Å². The molecule has 20 heavy (non-hydrogen) atoms. The van der Waals surface area contributed by atoms with E-state index >= 15 is 0 Å². The van der Waals surface area contributed by atoms with Crippen molar-refractivity contribution in [2.45, 2.75) is 26.4 Å². The number of alkyl halides is 1. The second kappa shape index (κ2) is 5.63. The van der Waals surface area contributed by atoms with Crippen LogP contribution in [0, 0.1) is 6.92 Å². The number of halogens is 1. The Kier molecular flexibility index (Phi) is 3.69. The Bertz CT molecular complexity index is 702.